The zero-order chi connectivity index (χ0) is 18.2. The van der Waals surface area contributed by atoms with E-state index in [9.17, 15) is 0 Å². The summed E-state index contributed by atoms with van der Waals surface area (Å²) in [6.07, 6.45) is 3.50. The first-order valence-electron chi connectivity index (χ1n) is 7.88. The van der Waals surface area contributed by atoms with Crippen LogP contribution in [0.5, 0.6) is 0 Å². The maximum absolute atomic E-state index is 5.85. The maximum atomic E-state index is 5.85. The predicted molar refractivity (Wildman–Crippen MR) is 112 cm³/mol. The minimum Gasteiger partial charge on any atom is -0.279 e. The summed E-state index contributed by atoms with van der Waals surface area (Å²) in [4.78, 5) is 0. The van der Waals surface area contributed by atoms with Crippen molar-refractivity contribution in [1.82, 2.24) is 0 Å². The summed E-state index contributed by atoms with van der Waals surface area (Å²) >= 11 is 11.7. The van der Waals surface area contributed by atoms with E-state index in [2.05, 4.69) is 21.1 Å². The number of hydrogen-bond donors (Lipinski definition) is 2. The van der Waals surface area contributed by atoms with E-state index in [0.29, 0.717) is 10.0 Å². The number of hydrazone groups is 2. The van der Waals surface area contributed by atoms with Gasteiger partial charge in [0.1, 0.15) is 0 Å². The van der Waals surface area contributed by atoms with Gasteiger partial charge in [0, 0.05) is 10.0 Å². The van der Waals surface area contributed by atoms with E-state index >= 15 is 0 Å². The summed E-state index contributed by atoms with van der Waals surface area (Å²) in [5.74, 6) is 0. The lowest BCUT2D eigenvalue weighted by atomic mass is 10.2. The number of benzene rings is 3. The van der Waals surface area contributed by atoms with Crippen LogP contribution in [0, 0.1) is 0 Å². The Morgan fingerprint density at radius 3 is 1.23 bits per heavy atom. The lowest BCUT2D eigenvalue weighted by Crippen LogP contribution is -1.92. The Hall–Kier alpha value is -2.82. The molecule has 0 heterocycles. The number of halogens is 2. The van der Waals surface area contributed by atoms with E-state index in [1.54, 1.807) is 12.4 Å². The van der Waals surface area contributed by atoms with Crippen molar-refractivity contribution in [3.63, 3.8) is 0 Å². The van der Waals surface area contributed by atoms with Gasteiger partial charge in [-0.25, -0.2) is 0 Å². The van der Waals surface area contributed by atoms with Crippen LogP contribution in [0.3, 0.4) is 0 Å². The zero-order valence-electron chi connectivity index (χ0n) is 13.7. The molecule has 130 valence electrons. The third-order valence-electron chi connectivity index (χ3n) is 3.44. The van der Waals surface area contributed by atoms with E-state index in [-0.39, 0.29) is 0 Å². The smallest absolute Gasteiger partial charge is 0.0562 e. The summed E-state index contributed by atoms with van der Waals surface area (Å²) in [5, 5.41) is 9.80. The highest BCUT2D eigenvalue weighted by molar-refractivity contribution is 6.30. The first-order valence-corrected chi connectivity index (χ1v) is 8.64. The van der Waals surface area contributed by atoms with Crippen molar-refractivity contribution in [3.8, 4) is 0 Å². The molecule has 3 rings (SSSR count). The van der Waals surface area contributed by atoms with Crippen molar-refractivity contribution >= 4 is 47.0 Å². The molecule has 0 aliphatic carbocycles. The van der Waals surface area contributed by atoms with Gasteiger partial charge in [-0.1, -0.05) is 47.5 Å². The molecule has 0 bridgehead atoms. The van der Waals surface area contributed by atoms with Crippen molar-refractivity contribution in [2.75, 3.05) is 10.9 Å². The monoisotopic (exact) mass is 382 g/mol. The van der Waals surface area contributed by atoms with Gasteiger partial charge in [-0.15, -0.1) is 0 Å². The van der Waals surface area contributed by atoms with E-state index in [4.69, 9.17) is 23.2 Å². The maximum Gasteiger partial charge on any atom is 0.0562 e. The minimum absolute atomic E-state index is 0.697. The molecule has 0 radical (unpaired) electrons. The van der Waals surface area contributed by atoms with Gasteiger partial charge in [0.05, 0.1) is 23.8 Å². The lowest BCUT2D eigenvalue weighted by molar-refractivity contribution is 1.34. The second-order valence-electron chi connectivity index (χ2n) is 5.42. The average molecular weight is 383 g/mol. The van der Waals surface area contributed by atoms with Crippen LogP contribution in [-0.2, 0) is 0 Å². The number of hydrogen-bond acceptors (Lipinski definition) is 4. The van der Waals surface area contributed by atoms with Gasteiger partial charge < -0.3 is 0 Å². The molecule has 0 aliphatic heterocycles. The van der Waals surface area contributed by atoms with Crippen LogP contribution < -0.4 is 10.9 Å². The normalized spacial score (nSPS) is 11.2. The molecule has 0 fully saturated rings. The number of nitrogens with one attached hydrogen (secondary N) is 2. The van der Waals surface area contributed by atoms with E-state index in [1.165, 1.54) is 0 Å². The summed E-state index contributed by atoms with van der Waals surface area (Å²) in [6.45, 7) is 0. The summed E-state index contributed by atoms with van der Waals surface area (Å²) in [5.41, 5.74) is 9.63. The Balaban J connectivity index is 1.52. The molecule has 0 aliphatic rings. The molecule has 3 aromatic carbocycles. The highest BCUT2D eigenvalue weighted by Gasteiger charge is 1.93. The van der Waals surface area contributed by atoms with Gasteiger partial charge in [-0.2, -0.15) is 10.2 Å². The summed E-state index contributed by atoms with van der Waals surface area (Å²) < 4.78 is 0. The third-order valence-corrected chi connectivity index (χ3v) is 3.94. The molecule has 0 atom stereocenters. The molecule has 0 aromatic heterocycles. The fourth-order valence-corrected chi connectivity index (χ4v) is 2.33. The van der Waals surface area contributed by atoms with Crippen LogP contribution in [0.15, 0.2) is 83.0 Å². The second kappa shape index (κ2) is 9.04. The van der Waals surface area contributed by atoms with E-state index in [0.717, 1.165) is 22.5 Å². The molecular formula is C20H16Cl2N4. The van der Waals surface area contributed by atoms with Crippen LogP contribution in [0.1, 0.15) is 11.1 Å². The van der Waals surface area contributed by atoms with Gasteiger partial charge in [0.25, 0.3) is 0 Å². The molecule has 0 amide bonds. The fraction of sp³-hybridized carbons (Fsp3) is 0. The third kappa shape index (κ3) is 5.62. The van der Waals surface area contributed by atoms with Crippen molar-refractivity contribution < 1.29 is 0 Å². The van der Waals surface area contributed by atoms with Crippen LogP contribution in [0.4, 0.5) is 11.4 Å². The van der Waals surface area contributed by atoms with Crippen LogP contribution >= 0.6 is 23.2 Å². The average Bonchev–Trinajstić information content (AvgIpc) is 2.66. The number of rotatable bonds is 6. The standard InChI is InChI=1S/C20H16Cl2N4/c21-17-5-9-19(10-6-17)25-23-13-15-1-2-16(4-3-15)14-24-26-20-11-7-18(22)8-12-20/h1-14,25-26H/b23-13-,24-14-. The van der Waals surface area contributed by atoms with Crippen molar-refractivity contribution in [2.45, 2.75) is 0 Å². The fourth-order valence-electron chi connectivity index (χ4n) is 2.08. The molecule has 0 saturated heterocycles. The quantitative estimate of drug-likeness (QED) is 0.412. The van der Waals surface area contributed by atoms with Gasteiger partial charge in [0.2, 0.25) is 0 Å². The Bertz CT molecular complexity index is 810. The SMILES string of the molecule is Clc1ccc(N/N=C\c2ccc(/C=N\Nc3ccc(Cl)cc3)cc2)cc1. The highest BCUT2D eigenvalue weighted by Crippen LogP contribution is 2.14. The van der Waals surface area contributed by atoms with Gasteiger partial charge >= 0.3 is 0 Å². The molecule has 0 spiro atoms. The summed E-state index contributed by atoms with van der Waals surface area (Å²) in [6, 6.07) is 22.6. The first-order chi connectivity index (χ1) is 12.7. The summed E-state index contributed by atoms with van der Waals surface area (Å²) in [7, 11) is 0. The zero-order valence-corrected chi connectivity index (χ0v) is 15.2. The Morgan fingerprint density at radius 1 is 0.538 bits per heavy atom. The Labute approximate surface area is 162 Å². The number of nitrogens with zero attached hydrogens (tertiary/aromatic N) is 2. The largest absolute Gasteiger partial charge is 0.279 e. The molecule has 2 N–H and O–H groups in total. The van der Waals surface area contributed by atoms with Crippen LogP contribution in [0.2, 0.25) is 10.0 Å². The molecule has 3 aromatic rings. The molecular weight excluding hydrogens is 367 g/mol. The first kappa shape index (κ1) is 18.0. The lowest BCUT2D eigenvalue weighted by Gasteiger charge is -2.01. The Morgan fingerprint density at radius 2 is 0.885 bits per heavy atom. The minimum atomic E-state index is 0.697. The highest BCUT2D eigenvalue weighted by atomic mass is 35.5. The van der Waals surface area contributed by atoms with Crippen LogP contribution in [0.25, 0.3) is 0 Å². The second-order valence-corrected chi connectivity index (χ2v) is 6.29. The van der Waals surface area contributed by atoms with Gasteiger partial charge in [-0.3, -0.25) is 10.9 Å². The Kier molecular flexibility index (Phi) is 6.25. The predicted octanol–water partition coefficient (Wildman–Crippen LogP) is 5.89. The molecule has 26 heavy (non-hydrogen) atoms. The van der Waals surface area contributed by atoms with Crippen molar-refractivity contribution in [3.05, 3.63) is 94.0 Å². The molecule has 6 heteroatoms. The number of anilines is 2. The van der Waals surface area contributed by atoms with Crippen molar-refractivity contribution in [2.24, 2.45) is 10.2 Å². The van der Waals surface area contributed by atoms with E-state index < -0.39 is 0 Å². The van der Waals surface area contributed by atoms with Crippen molar-refractivity contribution in [1.29, 1.82) is 0 Å². The van der Waals surface area contributed by atoms with Crippen LogP contribution in [-0.4, -0.2) is 12.4 Å². The molecule has 4 nitrogen and oxygen atoms in total. The topological polar surface area (TPSA) is 48.8 Å². The van der Waals surface area contributed by atoms with Gasteiger partial charge in [0.15, 0.2) is 0 Å². The molecule has 0 saturated carbocycles. The van der Waals surface area contributed by atoms with E-state index in [1.807, 2.05) is 72.8 Å². The van der Waals surface area contributed by atoms with Gasteiger partial charge in [-0.05, 0) is 59.7 Å². The molecule has 0 unspecified atom stereocenters.